The van der Waals surface area contributed by atoms with Gasteiger partial charge in [0, 0.05) is 0 Å². The minimum absolute atomic E-state index is 0.0176. The highest BCUT2D eigenvalue weighted by molar-refractivity contribution is 6.10. The third-order valence-corrected chi connectivity index (χ3v) is 4.03. The van der Waals surface area contributed by atoms with Crippen molar-refractivity contribution in [1.29, 1.82) is 0 Å². The largest absolute Gasteiger partial charge is 0.504 e. The smallest absolute Gasteiger partial charge is 0.306 e. The van der Waals surface area contributed by atoms with Gasteiger partial charge in [-0.3, -0.25) is 14.4 Å². The number of carbonyl (C=O) groups is 3. The van der Waals surface area contributed by atoms with E-state index in [2.05, 4.69) is 0 Å². The van der Waals surface area contributed by atoms with Gasteiger partial charge in [-0.2, -0.15) is 0 Å². The van der Waals surface area contributed by atoms with E-state index in [4.69, 9.17) is 14.6 Å². The fraction of sp³-hybridized carbons (Fsp3) is 0.174. The van der Waals surface area contributed by atoms with Gasteiger partial charge in [0.05, 0.1) is 26.6 Å². The summed E-state index contributed by atoms with van der Waals surface area (Å²) in [7, 11) is 1.41. The van der Waals surface area contributed by atoms with Crippen LogP contribution in [0.1, 0.15) is 24.0 Å². The Balaban J connectivity index is 1.94. The molecule has 2 rings (SSSR count). The second-order valence-electron chi connectivity index (χ2n) is 6.43. The third-order valence-electron chi connectivity index (χ3n) is 4.03. The van der Waals surface area contributed by atoms with E-state index in [-0.39, 0.29) is 42.4 Å². The van der Waals surface area contributed by atoms with Crippen LogP contribution in [-0.4, -0.2) is 46.6 Å². The number of rotatable bonds is 11. The molecule has 0 amide bonds. The molecule has 0 unspecified atom stereocenters. The Hall–Kier alpha value is -4.07. The molecule has 162 valence electrons. The molecule has 0 atom stereocenters. The first kappa shape index (κ1) is 23.2. The van der Waals surface area contributed by atoms with Crippen molar-refractivity contribution < 1.29 is 39.2 Å². The van der Waals surface area contributed by atoms with Crippen LogP contribution in [-0.2, 0) is 14.4 Å². The molecule has 0 saturated heterocycles. The monoisotopic (exact) mass is 426 g/mol. The summed E-state index contributed by atoms with van der Waals surface area (Å²) < 4.78 is 10.2. The summed E-state index contributed by atoms with van der Waals surface area (Å²) in [5.74, 6) is -1.64. The van der Waals surface area contributed by atoms with Crippen LogP contribution >= 0.6 is 0 Å². The Morgan fingerprint density at radius 3 is 1.90 bits per heavy atom. The molecule has 3 N–H and O–H groups in total. The van der Waals surface area contributed by atoms with E-state index in [1.165, 1.54) is 49.6 Å². The van der Waals surface area contributed by atoms with Crippen molar-refractivity contribution in [1.82, 2.24) is 0 Å². The van der Waals surface area contributed by atoms with Crippen LogP contribution in [0.3, 0.4) is 0 Å². The lowest BCUT2D eigenvalue weighted by molar-refractivity contribution is -0.137. The zero-order valence-corrected chi connectivity index (χ0v) is 16.8. The third kappa shape index (κ3) is 7.69. The first-order valence-corrected chi connectivity index (χ1v) is 9.25. The number of ether oxygens (including phenoxy) is 2. The first-order chi connectivity index (χ1) is 14.8. The summed E-state index contributed by atoms with van der Waals surface area (Å²) in [6, 6.07) is 8.96. The van der Waals surface area contributed by atoms with Gasteiger partial charge in [0.2, 0.25) is 0 Å². The van der Waals surface area contributed by atoms with Crippen molar-refractivity contribution >= 4 is 29.7 Å². The number of ketones is 2. The number of aromatic hydroxyl groups is 2. The number of benzene rings is 2. The zero-order chi connectivity index (χ0) is 22.8. The maximum Gasteiger partial charge on any atom is 0.306 e. The summed E-state index contributed by atoms with van der Waals surface area (Å²) in [5, 5.41) is 28.0. The van der Waals surface area contributed by atoms with Gasteiger partial charge in [-0.1, -0.05) is 24.3 Å². The number of aliphatic carboxylic acids is 1. The van der Waals surface area contributed by atoms with Gasteiger partial charge in [0.1, 0.15) is 0 Å². The van der Waals surface area contributed by atoms with Crippen LogP contribution in [0.4, 0.5) is 0 Å². The molecular weight excluding hydrogens is 404 g/mol. The highest BCUT2D eigenvalue weighted by Crippen LogP contribution is 2.28. The highest BCUT2D eigenvalue weighted by atomic mass is 16.5. The SMILES string of the molecule is COc1cc(/C=C/C(=O)CC(=O)/C=C/c2ccc(O)c(OCCC(=O)O)c2)ccc1O. The molecule has 0 spiro atoms. The Kier molecular flexibility index (Phi) is 8.39. The molecule has 0 aliphatic heterocycles. The Morgan fingerprint density at radius 2 is 1.39 bits per heavy atom. The van der Waals surface area contributed by atoms with Crippen LogP contribution in [0.15, 0.2) is 48.6 Å². The fourth-order valence-electron chi connectivity index (χ4n) is 2.46. The molecule has 0 aromatic heterocycles. The molecule has 0 aliphatic rings. The quantitative estimate of drug-likeness (QED) is 0.369. The molecular formula is C23H22O8. The number of methoxy groups -OCH3 is 1. The number of allylic oxidation sites excluding steroid dienone is 2. The van der Waals surface area contributed by atoms with Crippen molar-refractivity contribution in [3.63, 3.8) is 0 Å². The van der Waals surface area contributed by atoms with Gasteiger partial charge >= 0.3 is 5.97 Å². The van der Waals surface area contributed by atoms with E-state index < -0.39 is 17.5 Å². The Bertz CT molecular complexity index is 1020. The lowest BCUT2D eigenvalue weighted by Crippen LogP contribution is -2.05. The Morgan fingerprint density at radius 1 is 0.871 bits per heavy atom. The number of phenols is 2. The van der Waals surface area contributed by atoms with Gasteiger partial charge in [-0.25, -0.2) is 0 Å². The fourth-order valence-corrected chi connectivity index (χ4v) is 2.46. The Labute approximate surface area is 178 Å². The van der Waals surface area contributed by atoms with E-state index in [1.54, 1.807) is 18.2 Å². The number of carbonyl (C=O) groups excluding carboxylic acids is 2. The number of phenolic OH excluding ortho intramolecular Hbond substituents is 2. The van der Waals surface area contributed by atoms with Crippen molar-refractivity contribution in [2.45, 2.75) is 12.8 Å². The molecule has 8 heteroatoms. The standard InChI is InChI=1S/C23H22O8/c1-30-21-12-15(4-8-19(21)26)2-6-17(24)14-18(25)7-3-16-5-9-20(27)22(13-16)31-11-10-23(28)29/h2-9,12-13,26-27H,10-11,14H2,1H3,(H,28,29)/b6-2+,7-3+. The van der Waals surface area contributed by atoms with Gasteiger partial charge < -0.3 is 24.8 Å². The van der Waals surface area contributed by atoms with E-state index in [0.717, 1.165) is 0 Å². The second kappa shape index (κ2) is 11.2. The van der Waals surface area contributed by atoms with Crippen LogP contribution in [0, 0.1) is 0 Å². The normalized spacial score (nSPS) is 11.0. The van der Waals surface area contributed by atoms with Crippen LogP contribution in [0.25, 0.3) is 12.2 Å². The predicted molar refractivity (Wildman–Crippen MR) is 113 cm³/mol. The van der Waals surface area contributed by atoms with Crippen molar-refractivity contribution in [3.8, 4) is 23.0 Å². The molecule has 0 radical (unpaired) electrons. The van der Waals surface area contributed by atoms with Crippen LogP contribution < -0.4 is 9.47 Å². The number of carboxylic acid groups (broad SMARTS) is 1. The number of hydrogen-bond donors (Lipinski definition) is 3. The van der Waals surface area contributed by atoms with Crippen molar-refractivity contribution in [2.24, 2.45) is 0 Å². The van der Waals surface area contributed by atoms with E-state index in [1.807, 2.05) is 0 Å². The van der Waals surface area contributed by atoms with Gasteiger partial charge in [-0.15, -0.1) is 0 Å². The molecule has 31 heavy (non-hydrogen) atoms. The minimum atomic E-state index is -1.02. The lowest BCUT2D eigenvalue weighted by atomic mass is 10.1. The predicted octanol–water partition coefficient (Wildman–Crippen LogP) is 3.21. The average molecular weight is 426 g/mol. The lowest BCUT2D eigenvalue weighted by Gasteiger charge is -2.07. The molecule has 0 fully saturated rings. The summed E-state index contributed by atoms with van der Waals surface area (Å²) in [5.41, 5.74) is 1.17. The second-order valence-corrected chi connectivity index (χ2v) is 6.43. The van der Waals surface area contributed by atoms with E-state index in [0.29, 0.717) is 11.1 Å². The van der Waals surface area contributed by atoms with Crippen LogP contribution in [0.2, 0.25) is 0 Å². The molecule has 2 aromatic rings. The zero-order valence-electron chi connectivity index (χ0n) is 16.8. The van der Waals surface area contributed by atoms with Crippen molar-refractivity contribution in [3.05, 3.63) is 59.7 Å². The maximum atomic E-state index is 12.0. The van der Waals surface area contributed by atoms with Crippen LogP contribution in [0.5, 0.6) is 23.0 Å². The molecule has 0 heterocycles. The van der Waals surface area contributed by atoms with Gasteiger partial charge in [-0.05, 0) is 47.5 Å². The van der Waals surface area contributed by atoms with Crippen molar-refractivity contribution in [2.75, 3.05) is 13.7 Å². The van der Waals surface area contributed by atoms with Gasteiger partial charge in [0.15, 0.2) is 34.6 Å². The molecule has 2 aromatic carbocycles. The van der Waals surface area contributed by atoms with E-state index >= 15 is 0 Å². The number of hydrogen-bond acceptors (Lipinski definition) is 7. The summed E-state index contributed by atoms with van der Waals surface area (Å²) in [6.07, 6.45) is 4.94. The molecule has 0 aliphatic carbocycles. The summed E-state index contributed by atoms with van der Waals surface area (Å²) >= 11 is 0. The van der Waals surface area contributed by atoms with Gasteiger partial charge in [0.25, 0.3) is 0 Å². The maximum absolute atomic E-state index is 12.0. The first-order valence-electron chi connectivity index (χ1n) is 9.25. The summed E-state index contributed by atoms with van der Waals surface area (Å²) in [6.45, 7) is -0.108. The molecule has 0 bridgehead atoms. The number of carboxylic acids is 1. The van der Waals surface area contributed by atoms with E-state index in [9.17, 15) is 24.6 Å². The molecule has 8 nitrogen and oxygen atoms in total. The minimum Gasteiger partial charge on any atom is -0.504 e. The topological polar surface area (TPSA) is 130 Å². The average Bonchev–Trinajstić information content (AvgIpc) is 2.73. The highest BCUT2D eigenvalue weighted by Gasteiger charge is 2.07. The summed E-state index contributed by atoms with van der Waals surface area (Å²) in [4.78, 5) is 34.6. The molecule has 0 saturated carbocycles.